The molecule has 78 valence electrons. The molecule has 1 heterocycles. The van der Waals surface area contributed by atoms with Gasteiger partial charge in [0.15, 0.2) is 0 Å². The van der Waals surface area contributed by atoms with Gasteiger partial charge in [0, 0.05) is 23.5 Å². The van der Waals surface area contributed by atoms with Crippen molar-refractivity contribution >= 4 is 0 Å². The van der Waals surface area contributed by atoms with Crippen molar-refractivity contribution in [3.63, 3.8) is 0 Å². The highest BCUT2D eigenvalue weighted by Gasteiger charge is 2.01. The van der Waals surface area contributed by atoms with E-state index < -0.39 is 0 Å². The molecule has 0 aliphatic carbocycles. The minimum Gasteiger partial charge on any atom is -0.497 e. The molecule has 0 aliphatic rings. The maximum Gasteiger partial charge on any atom is 0.119 e. The molecule has 0 bridgehead atoms. The van der Waals surface area contributed by atoms with E-state index >= 15 is 0 Å². The summed E-state index contributed by atoms with van der Waals surface area (Å²) in [4.78, 5) is 3.25. The maximum atomic E-state index is 5.54. The fourth-order valence-electron chi connectivity index (χ4n) is 1.52. The van der Waals surface area contributed by atoms with Gasteiger partial charge in [-0.15, -0.1) is 0 Å². The van der Waals surface area contributed by atoms with Crippen LogP contribution in [0.4, 0.5) is 0 Å². The number of benzene rings is 1. The van der Waals surface area contributed by atoms with Crippen molar-refractivity contribution in [3.8, 4) is 17.0 Å². The second kappa shape index (κ2) is 4.19. The van der Waals surface area contributed by atoms with Gasteiger partial charge < -0.3 is 15.5 Å². The van der Waals surface area contributed by atoms with Crippen LogP contribution in [0.5, 0.6) is 5.75 Å². The quantitative estimate of drug-likeness (QED) is 0.801. The van der Waals surface area contributed by atoms with Crippen LogP contribution in [-0.4, -0.2) is 12.1 Å². The van der Waals surface area contributed by atoms with Crippen LogP contribution in [0, 0.1) is 0 Å². The Balaban J connectivity index is 2.35. The van der Waals surface area contributed by atoms with Gasteiger partial charge >= 0.3 is 0 Å². The van der Waals surface area contributed by atoms with Crippen molar-refractivity contribution in [1.29, 1.82) is 0 Å². The van der Waals surface area contributed by atoms with Crippen molar-refractivity contribution < 1.29 is 4.74 Å². The molecule has 1 aromatic carbocycles. The van der Waals surface area contributed by atoms with Gasteiger partial charge in [-0.25, -0.2) is 0 Å². The fraction of sp³-hybridized carbons (Fsp3) is 0.167. The summed E-state index contributed by atoms with van der Waals surface area (Å²) >= 11 is 0. The molecule has 0 saturated carbocycles. The van der Waals surface area contributed by atoms with E-state index in [1.807, 2.05) is 36.4 Å². The van der Waals surface area contributed by atoms with Crippen molar-refractivity contribution in [2.24, 2.45) is 5.73 Å². The number of aromatic amines is 1. The average molecular weight is 202 g/mol. The number of ether oxygens (including phenoxy) is 1. The lowest BCUT2D eigenvalue weighted by atomic mass is 10.1. The number of aromatic nitrogens is 1. The van der Waals surface area contributed by atoms with E-state index in [2.05, 4.69) is 4.98 Å². The summed E-state index contributed by atoms with van der Waals surface area (Å²) in [7, 11) is 1.67. The normalized spacial score (nSPS) is 10.3. The van der Waals surface area contributed by atoms with Gasteiger partial charge in [-0.1, -0.05) is 12.1 Å². The van der Waals surface area contributed by atoms with E-state index in [0.717, 1.165) is 22.7 Å². The summed E-state index contributed by atoms with van der Waals surface area (Å²) in [6.45, 7) is 0.532. The third kappa shape index (κ3) is 2.02. The van der Waals surface area contributed by atoms with Crippen LogP contribution < -0.4 is 10.5 Å². The summed E-state index contributed by atoms with van der Waals surface area (Å²) in [5.74, 6) is 0.858. The largest absolute Gasteiger partial charge is 0.497 e. The topological polar surface area (TPSA) is 51.0 Å². The van der Waals surface area contributed by atoms with Gasteiger partial charge in [-0.2, -0.15) is 0 Å². The van der Waals surface area contributed by atoms with Gasteiger partial charge in [0.1, 0.15) is 5.75 Å². The number of nitrogens with two attached hydrogens (primary N) is 1. The SMILES string of the molecule is COc1cccc(-c2ccc(CN)[nH]2)c1. The van der Waals surface area contributed by atoms with Gasteiger partial charge in [-0.05, 0) is 24.3 Å². The Kier molecular flexibility index (Phi) is 2.74. The number of hydrogen-bond acceptors (Lipinski definition) is 2. The molecule has 0 aliphatic heterocycles. The van der Waals surface area contributed by atoms with Crippen LogP contribution in [0.1, 0.15) is 5.69 Å². The van der Waals surface area contributed by atoms with Gasteiger partial charge in [0.05, 0.1) is 7.11 Å². The van der Waals surface area contributed by atoms with Crippen molar-refractivity contribution in [2.75, 3.05) is 7.11 Å². The predicted molar refractivity (Wildman–Crippen MR) is 60.7 cm³/mol. The lowest BCUT2D eigenvalue weighted by Gasteiger charge is -2.02. The highest BCUT2D eigenvalue weighted by Crippen LogP contribution is 2.22. The molecule has 0 radical (unpaired) electrons. The first-order valence-corrected chi connectivity index (χ1v) is 4.86. The van der Waals surface area contributed by atoms with Gasteiger partial charge in [0.2, 0.25) is 0 Å². The number of methoxy groups -OCH3 is 1. The molecule has 3 heteroatoms. The summed E-state index contributed by atoms with van der Waals surface area (Å²) in [5, 5.41) is 0. The van der Waals surface area contributed by atoms with Crippen LogP contribution >= 0.6 is 0 Å². The first-order chi connectivity index (χ1) is 7.33. The molecule has 0 spiro atoms. The molecule has 0 saturated heterocycles. The summed E-state index contributed by atoms with van der Waals surface area (Å²) < 4.78 is 5.17. The second-order valence-electron chi connectivity index (χ2n) is 3.33. The Morgan fingerprint density at radius 3 is 2.80 bits per heavy atom. The van der Waals surface area contributed by atoms with Gasteiger partial charge in [-0.3, -0.25) is 0 Å². The second-order valence-corrected chi connectivity index (χ2v) is 3.33. The minimum atomic E-state index is 0.532. The van der Waals surface area contributed by atoms with E-state index in [1.165, 1.54) is 0 Å². The smallest absolute Gasteiger partial charge is 0.119 e. The molecular weight excluding hydrogens is 188 g/mol. The third-order valence-corrected chi connectivity index (χ3v) is 2.35. The predicted octanol–water partition coefficient (Wildman–Crippen LogP) is 2.15. The first kappa shape index (κ1) is 9.80. The molecule has 1 aromatic heterocycles. The Hall–Kier alpha value is -1.74. The molecule has 0 amide bonds. The van der Waals surface area contributed by atoms with Crippen molar-refractivity contribution in [2.45, 2.75) is 6.54 Å². The van der Waals surface area contributed by atoms with Crippen LogP contribution in [0.25, 0.3) is 11.3 Å². The molecular formula is C12H14N2O. The monoisotopic (exact) mass is 202 g/mol. The van der Waals surface area contributed by atoms with Crippen LogP contribution in [0.15, 0.2) is 36.4 Å². The Labute approximate surface area is 88.9 Å². The zero-order valence-electron chi connectivity index (χ0n) is 8.66. The van der Waals surface area contributed by atoms with Crippen molar-refractivity contribution in [3.05, 3.63) is 42.1 Å². The molecule has 2 aromatic rings. The Bertz CT molecular complexity index is 448. The standard InChI is InChI=1S/C12H14N2O/c1-15-11-4-2-3-9(7-11)12-6-5-10(8-13)14-12/h2-7,14H,8,13H2,1H3. The zero-order valence-corrected chi connectivity index (χ0v) is 8.66. The van der Waals surface area contributed by atoms with E-state index in [0.29, 0.717) is 6.54 Å². The minimum absolute atomic E-state index is 0.532. The van der Waals surface area contributed by atoms with Crippen LogP contribution in [0.3, 0.4) is 0 Å². The zero-order chi connectivity index (χ0) is 10.7. The Morgan fingerprint density at radius 2 is 2.13 bits per heavy atom. The molecule has 3 nitrogen and oxygen atoms in total. The van der Waals surface area contributed by atoms with E-state index in [1.54, 1.807) is 7.11 Å². The molecule has 3 N–H and O–H groups in total. The number of rotatable bonds is 3. The molecule has 0 atom stereocenters. The number of H-pyrrole nitrogens is 1. The fourth-order valence-corrected chi connectivity index (χ4v) is 1.52. The highest BCUT2D eigenvalue weighted by atomic mass is 16.5. The average Bonchev–Trinajstić information content (AvgIpc) is 2.78. The maximum absolute atomic E-state index is 5.54. The van der Waals surface area contributed by atoms with E-state index in [9.17, 15) is 0 Å². The molecule has 2 rings (SSSR count). The lowest BCUT2D eigenvalue weighted by Crippen LogP contribution is -1.95. The van der Waals surface area contributed by atoms with Crippen LogP contribution in [0.2, 0.25) is 0 Å². The first-order valence-electron chi connectivity index (χ1n) is 4.86. The summed E-state index contributed by atoms with van der Waals surface area (Å²) in [5.41, 5.74) is 8.75. The molecule has 15 heavy (non-hydrogen) atoms. The van der Waals surface area contributed by atoms with E-state index in [4.69, 9.17) is 10.5 Å². The van der Waals surface area contributed by atoms with E-state index in [-0.39, 0.29) is 0 Å². The number of nitrogens with one attached hydrogen (secondary N) is 1. The Morgan fingerprint density at radius 1 is 1.27 bits per heavy atom. The molecule has 0 fully saturated rings. The molecule has 0 unspecified atom stereocenters. The van der Waals surface area contributed by atoms with Crippen LogP contribution in [-0.2, 0) is 6.54 Å². The summed E-state index contributed by atoms with van der Waals surface area (Å²) in [6.07, 6.45) is 0. The lowest BCUT2D eigenvalue weighted by molar-refractivity contribution is 0.415. The highest BCUT2D eigenvalue weighted by molar-refractivity contribution is 5.61. The third-order valence-electron chi connectivity index (χ3n) is 2.35. The van der Waals surface area contributed by atoms with Gasteiger partial charge in [0.25, 0.3) is 0 Å². The number of hydrogen-bond donors (Lipinski definition) is 2. The van der Waals surface area contributed by atoms with Crippen molar-refractivity contribution in [1.82, 2.24) is 4.98 Å². The summed E-state index contributed by atoms with van der Waals surface area (Å²) in [6, 6.07) is 11.9.